The summed E-state index contributed by atoms with van der Waals surface area (Å²) in [5, 5.41) is 9.85. The molecule has 0 radical (unpaired) electrons. The summed E-state index contributed by atoms with van der Waals surface area (Å²) in [7, 11) is 0. The Hall–Kier alpha value is -1.90. The van der Waals surface area contributed by atoms with E-state index < -0.39 is 0 Å². The highest BCUT2D eigenvalue weighted by molar-refractivity contribution is 7.17. The maximum Gasteiger partial charge on any atom is 0.350 e. The predicted octanol–water partition coefficient (Wildman–Crippen LogP) is 4.23. The number of thiazole rings is 1. The first-order chi connectivity index (χ1) is 10.1. The number of nitriles is 1. The quantitative estimate of drug-likeness (QED) is 0.611. The minimum Gasteiger partial charge on any atom is -0.461 e. The molecular weight excluding hydrogens is 308 g/mol. The van der Waals surface area contributed by atoms with Crippen molar-refractivity contribution < 1.29 is 9.53 Å². The van der Waals surface area contributed by atoms with Gasteiger partial charge in [0.15, 0.2) is 0 Å². The Bertz CT molecular complexity index is 674. The van der Waals surface area contributed by atoms with Crippen molar-refractivity contribution in [3.63, 3.8) is 0 Å². The van der Waals surface area contributed by atoms with Gasteiger partial charge in [-0.2, -0.15) is 5.26 Å². The van der Waals surface area contributed by atoms with Crippen LogP contribution in [0.4, 0.5) is 0 Å². The lowest BCUT2D eigenvalue weighted by atomic mass is 10.2. The second-order valence-corrected chi connectivity index (χ2v) is 5.77. The topological polar surface area (TPSA) is 63.0 Å². The summed E-state index contributed by atoms with van der Waals surface area (Å²) in [4.78, 5) is 16.9. The molecule has 2 aromatic rings. The van der Waals surface area contributed by atoms with Gasteiger partial charge >= 0.3 is 5.97 Å². The van der Waals surface area contributed by atoms with Crippen molar-refractivity contribution in [3.8, 4) is 16.6 Å². The smallest absolute Gasteiger partial charge is 0.350 e. The summed E-state index contributed by atoms with van der Waals surface area (Å²) in [6, 6.07) is 9.31. The van der Waals surface area contributed by atoms with Crippen LogP contribution in [0.5, 0.6) is 0 Å². The van der Waals surface area contributed by atoms with E-state index in [0.29, 0.717) is 28.4 Å². The number of esters is 1. The first kappa shape index (κ1) is 15.5. The average Bonchev–Trinajstić information content (AvgIpc) is 2.86. The lowest BCUT2D eigenvalue weighted by Crippen LogP contribution is -2.05. The highest BCUT2D eigenvalue weighted by Gasteiger charge is 2.17. The third-order valence-corrected chi connectivity index (χ3v) is 4.18. The van der Waals surface area contributed by atoms with Crippen LogP contribution in [0.1, 0.15) is 28.2 Å². The lowest BCUT2D eigenvalue weighted by Gasteiger charge is -2.01. The maximum atomic E-state index is 12.0. The number of benzene rings is 1. The van der Waals surface area contributed by atoms with E-state index in [9.17, 15) is 4.79 Å². The first-order valence-corrected chi connectivity index (χ1v) is 7.58. The number of hydrogen-bond donors (Lipinski definition) is 0. The van der Waals surface area contributed by atoms with E-state index >= 15 is 0 Å². The number of aryl methyl sites for hydroxylation is 1. The molecule has 0 aliphatic rings. The van der Waals surface area contributed by atoms with Crippen molar-refractivity contribution in [2.75, 3.05) is 6.61 Å². The van der Waals surface area contributed by atoms with Gasteiger partial charge < -0.3 is 4.74 Å². The Morgan fingerprint density at radius 3 is 2.81 bits per heavy atom. The third-order valence-electron chi connectivity index (χ3n) is 2.74. The molecule has 0 spiro atoms. The van der Waals surface area contributed by atoms with Crippen molar-refractivity contribution >= 4 is 28.9 Å². The molecule has 0 aliphatic heterocycles. The molecule has 1 aromatic carbocycles. The molecule has 4 nitrogen and oxygen atoms in total. The molecule has 0 N–H and O–H groups in total. The van der Waals surface area contributed by atoms with Gasteiger partial charge in [-0.3, -0.25) is 0 Å². The number of carbonyl (C=O) groups excluding carboxylic acids is 1. The Kier molecular flexibility index (Phi) is 5.32. The molecule has 0 bridgehead atoms. The molecule has 0 saturated carbocycles. The molecular formula is C15H13ClN2O2S. The SMILES string of the molecule is Cc1nc(-c2ccc(Cl)cc2)sc1C(=O)OCCCC#N. The van der Waals surface area contributed by atoms with Crippen LogP contribution in [0.25, 0.3) is 10.6 Å². The van der Waals surface area contributed by atoms with E-state index in [1.54, 1.807) is 19.1 Å². The fraction of sp³-hybridized carbons (Fsp3) is 0.267. The number of halogens is 1. The van der Waals surface area contributed by atoms with Gasteiger partial charge in [0, 0.05) is 17.0 Å². The summed E-state index contributed by atoms with van der Waals surface area (Å²) in [5.74, 6) is -0.386. The van der Waals surface area contributed by atoms with Crippen LogP contribution in [0.2, 0.25) is 5.02 Å². The number of carbonyl (C=O) groups is 1. The Morgan fingerprint density at radius 2 is 2.14 bits per heavy atom. The average molecular weight is 321 g/mol. The van der Waals surface area contributed by atoms with E-state index in [4.69, 9.17) is 21.6 Å². The van der Waals surface area contributed by atoms with Crippen molar-refractivity contribution in [1.82, 2.24) is 4.98 Å². The minimum absolute atomic E-state index is 0.250. The van der Waals surface area contributed by atoms with Crippen molar-refractivity contribution in [1.29, 1.82) is 5.26 Å². The normalized spacial score (nSPS) is 10.1. The molecule has 1 aromatic heterocycles. The fourth-order valence-electron chi connectivity index (χ4n) is 1.68. The summed E-state index contributed by atoms with van der Waals surface area (Å²) >= 11 is 7.15. The van der Waals surface area contributed by atoms with Crippen LogP contribution in [0.15, 0.2) is 24.3 Å². The van der Waals surface area contributed by atoms with Gasteiger partial charge in [0.05, 0.1) is 18.4 Å². The fourth-order valence-corrected chi connectivity index (χ4v) is 2.77. The van der Waals surface area contributed by atoms with Crippen molar-refractivity contribution in [3.05, 3.63) is 39.9 Å². The summed E-state index contributed by atoms with van der Waals surface area (Å²) in [6.45, 7) is 2.03. The van der Waals surface area contributed by atoms with E-state index in [1.165, 1.54) is 11.3 Å². The zero-order valence-corrected chi connectivity index (χ0v) is 13.0. The first-order valence-electron chi connectivity index (χ1n) is 6.39. The molecule has 0 atom stereocenters. The van der Waals surface area contributed by atoms with Crippen LogP contribution >= 0.6 is 22.9 Å². The third kappa shape index (κ3) is 4.03. The number of unbranched alkanes of at least 4 members (excludes halogenated alkanes) is 1. The van der Waals surface area contributed by atoms with Gasteiger partial charge in [0.2, 0.25) is 0 Å². The Labute approximate surface area is 132 Å². The molecule has 2 rings (SSSR count). The Morgan fingerprint density at radius 1 is 1.43 bits per heavy atom. The molecule has 108 valence electrons. The number of aromatic nitrogens is 1. The zero-order valence-electron chi connectivity index (χ0n) is 11.4. The van der Waals surface area contributed by atoms with Gasteiger partial charge in [-0.25, -0.2) is 9.78 Å². The molecule has 21 heavy (non-hydrogen) atoms. The van der Waals surface area contributed by atoms with Crippen LogP contribution in [0, 0.1) is 18.3 Å². The maximum absolute atomic E-state index is 12.0. The summed E-state index contributed by atoms with van der Waals surface area (Å²) in [6.07, 6.45) is 0.926. The van der Waals surface area contributed by atoms with E-state index in [2.05, 4.69) is 4.98 Å². The van der Waals surface area contributed by atoms with E-state index in [-0.39, 0.29) is 12.6 Å². The summed E-state index contributed by atoms with van der Waals surface area (Å²) in [5.41, 5.74) is 1.56. The van der Waals surface area contributed by atoms with Gasteiger partial charge in [0.1, 0.15) is 9.88 Å². The molecule has 0 aliphatic carbocycles. The molecule has 1 heterocycles. The second-order valence-electron chi connectivity index (χ2n) is 4.34. The van der Waals surface area contributed by atoms with Gasteiger partial charge in [-0.15, -0.1) is 11.3 Å². The monoisotopic (exact) mass is 320 g/mol. The highest BCUT2D eigenvalue weighted by Crippen LogP contribution is 2.29. The standard InChI is InChI=1S/C15H13ClN2O2S/c1-10-13(15(19)20-9-3-2-8-17)21-14(18-10)11-4-6-12(16)7-5-11/h4-7H,2-3,9H2,1H3. The van der Waals surface area contributed by atoms with E-state index in [1.807, 2.05) is 18.2 Å². The van der Waals surface area contributed by atoms with Gasteiger partial charge in [0.25, 0.3) is 0 Å². The number of nitrogens with zero attached hydrogens (tertiary/aromatic N) is 2. The van der Waals surface area contributed by atoms with Crippen LogP contribution in [-0.4, -0.2) is 17.6 Å². The molecule has 0 fully saturated rings. The highest BCUT2D eigenvalue weighted by atomic mass is 35.5. The summed E-state index contributed by atoms with van der Waals surface area (Å²) < 4.78 is 5.14. The Balaban J connectivity index is 2.10. The lowest BCUT2D eigenvalue weighted by molar-refractivity contribution is 0.0506. The zero-order chi connectivity index (χ0) is 15.2. The molecule has 0 unspecified atom stereocenters. The van der Waals surface area contributed by atoms with Crippen molar-refractivity contribution in [2.45, 2.75) is 19.8 Å². The van der Waals surface area contributed by atoms with Crippen LogP contribution < -0.4 is 0 Å². The predicted molar refractivity (Wildman–Crippen MR) is 82.4 cm³/mol. The minimum atomic E-state index is -0.386. The molecule has 0 saturated heterocycles. The van der Waals surface area contributed by atoms with Crippen LogP contribution in [-0.2, 0) is 4.74 Å². The number of ether oxygens (including phenoxy) is 1. The van der Waals surface area contributed by atoms with Crippen molar-refractivity contribution in [2.24, 2.45) is 0 Å². The van der Waals surface area contributed by atoms with Gasteiger partial charge in [-0.1, -0.05) is 23.7 Å². The largest absolute Gasteiger partial charge is 0.461 e. The van der Waals surface area contributed by atoms with Crippen LogP contribution in [0.3, 0.4) is 0 Å². The van der Waals surface area contributed by atoms with E-state index in [0.717, 1.165) is 10.6 Å². The second kappa shape index (κ2) is 7.21. The number of hydrogen-bond acceptors (Lipinski definition) is 5. The molecule has 6 heteroatoms. The number of rotatable bonds is 5. The van der Waals surface area contributed by atoms with Gasteiger partial charge in [-0.05, 0) is 25.5 Å². The molecule has 0 amide bonds.